The van der Waals surface area contributed by atoms with E-state index in [-0.39, 0.29) is 42.3 Å². The van der Waals surface area contributed by atoms with Crippen LogP contribution in [0.5, 0.6) is 5.75 Å². The van der Waals surface area contributed by atoms with Gasteiger partial charge in [0.15, 0.2) is 0 Å². The van der Waals surface area contributed by atoms with Crippen LogP contribution in [0.3, 0.4) is 0 Å². The first-order valence-electron chi connectivity index (χ1n) is 11.1. The van der Waals surface area contributed by atoms with Gasteiger partial charge in [-0.05, 0) is 38.5 Å². The standard InChI is InChI=1S/C23H35N3O6S/c1-6-11-24-23(29)25(5)14-21-16(2)13-26(17(3)15-27)33(30,31)22-10-9-19(8-7-18(4)28)12-20(22)32-21/h9-10,12,16-18,21,27-28H,6,11,13-15H2,1-5H3,(H,24,29)/t16-,17+,18+,21+/m0/s1. The fourth-order valence-electron chi connectivity index (χ4n) is 3.43. The SMILES string of the molecule is CCCNC(=O)N(C)C[C@H]1Oc2cc(C#C[C@@H](C)O)ccc2S(=O)(=O)N([C@H](C)CO)C[C@@H]1C. The molecule has 0 aliphatic carbocycles. The molecule has 1 aromatic rings. The molecule has 0 radical (unpaired) electrons. The summed E-state index contributed by atoms with van der Waals surface area (Å²) in [5.74, 6) is 5.29. The van der Waals surface area contributed by atoms with Gasteiger partial charge in [0.1, 0.15) is 22.9 Å². The second kappa shape index (κ2) is 11.7. The molecule has 0 bridgehead atoms. The minimum atomic E-state index is -3.96. The fourth-order valence-corrected chi connectivity index (χ4v) is 5.25. The van der Waals surface area contributed by atoms with Crippen molar-refractivity contribution in [2.45, 2.75) is 57.3 Å². The summed E-state index contributed by atoms with van der Waals surface area (Å²) in [6, 6.07) is 3.65. The van der Waals surface area contributed by atoms with Crippen LogP contribution in [0, 0.1) is 17.8 Å². The van der Waals surface area contributed by atoms with Crippen molar-refractivity contribution in [2.24, 2.45) is 5.92 Å². The van der Waals surface area contributed by atoms with E-state index in [9.17, 15) is 23.4 Å². The van der Waals surface area contributed by atoms with Crippen molar-refractivity contribution in [3.63, 3.8) is 0 Å². The highest BCUT2D eigenvalue weighted by Gasteiger charge is 2.38. The first-order valence-corrected chi connectivity index (χ1v) is 12.6. The zero-order valence-corrected chi connectivity index (χ0v) is 20.7. The number of ether oxygens (including phenoxy) is 1. The molecular formula is C23H35N3O6S. The molecule has 4 atom stereocenters. The highest BCUT2D eigenvalue weighted by Crippen LogP contribution is 2.34. The van der Waals surface area contributed by atoms with Gasteiger partial charge in [0.05, 0.1) is 13.2 Å². The Hall–Kier alpha value is -2.32. The summed E-state index contributed by atoms with van der Waals surface area (Å²) < 4.78 is 34.4. The Labute approximate surface area is 196 Å². The van der Waals surface area contributed by atoms with Crippen LogP contribution in [-0.2, 0) is 10.0 Å². The largest absolute Gasteiger partial charge is 0.487 e. The maximum atomic E-state index is 13.4. The predicted octanol–water partition coefficient (Wildman–Crippen LogP) is 1.24. The number of hydrogen-bond acceptors (Lipinski definition) is 6. The lowest BCUT2D eigenvalue weighted by Crippen LogP contribution is -2.51. The molecule has 0 spiro atoms. The van der Waals surface area contributed by atoms with Crippen LogP contribution in [-0.4, -0.2) is 85.4 Å². The van der Waals surface area contributed by atoms with Gasteiger partial charge in [0.2, 0.25) is 10.0 Å². The predicted molar refractivity (Wildman–Crippen MR) is 125 cm³/mol. The Kier molecular flexibility index (Phi) is 9.55. The first-order chi connectivity index (χ1) is 15.5. The number of fused-ring (bicyclic) bond motifs is 1. The molecule has 2 rings (SSSR count). The summed E-state index contributed by atoms with van der Waals surface area (Å²) in [7, 11) is -2.29. The summed E-state index contributed by atoms with van der Waals surface area (Å²) in [5.41, 5.74) is 0.493. The fraction of sp³-hybridized carbons (Fsp3) is 0.609. The smallest absolute Gasteiger partial charge is 0.317 e. The van der Waals surface area contributed by atoms with Gasteiger partial charge in [0.25, 0.3) is 0 Å². The van der Waals surface area contributed by atoms with E-state index >= 15 is 0 Å². The number of urea groups is 1. The van der Waals surface area contributed by atoms with Crippen molar-refractivity contribution < 1.29 is 28.2 Å². The summed E-state index contributed by atoms with van der Waals surface area (Å²) in [4.78, 5) is 13.9. The van der Waals surface area contributed by atoms with Crippen molar-refractivity contribution >= 4 is 16.1 Å². The first kappa shape index (κ1) is 26.9. The molecule has 0 unspecified atom stereocenters. The normalized spacial score (nSPS) is 21.8. The average Bonchev–Trinajstić information content (AvgIpc) is 2.77. The number of amides is 2. The van der Waals surface area contributed by atoms with Crippen LogP contribution in [0.2, 0.25) is 0 Å². The van der Waals surface area contributed by atoms with Crippen LogP contribution in [0.25, 0.3) is 0 Å². The van der Waals surface area contributed by atoms with Gasteiger partial charge in [-0.2, -0.15) is 4.31 Å². The lowest BCUT2D eigenvalue weighted by molar-refractivity contribution is 0.0812. The van der Waals surface area contributed by atoms with Crippen molar-refractivity contribution in [3.8, 4) is 17.6 Å². The number of carbonyl (C=O) groups is 1. The molecule has 33 heavy (non-hydrogen) atoms. The zero-order chi connectivity index (χ0) is 24.8. The van der Waals surface area contributed by atoms with Gasteiger partial charge < -0.3 is 25.2 Å². The second-order valence-electron chi connectivity index (χ2n) is 8.46. The third kappa shape index (κ3) is 6.84. The summed E-state index contributed by atoms with van der Waals surface area (Å²) in [6.45, 7) is 7.59. The van der Waals surface area contributed by atoms with Gasteiger partial charge >= 0.3 is 6.03 Å². The molecule has 3 N–H and O–H groups in total. The summed E-state index contributed by atoms with van der Waals surface area (Å²) in [6.07, 6.45) is -0.531. The van der Waals surface area contributed by atoms with Crippen molar-refractivity contribution in [3.05, 3.63) is 23.8 Å². The third-order valence-electron chi connectivity index (χ3n) is 5.42. The minimum Gasteiger partial charge on any atom is -0.487 e. The number of likely N-dealkylation sites (N-methyl/N-ethyl adjacent to an activating group) is 1. The maximum Gasteiger partial charge on any atom is 0.317 e. The number of carbonyl (C=O) groups excluding carboxylic acids is 1. The van der Waals surface area contributed by atoms with Crippen LogP contribution < -0.4 is 10.1 Å². The number of rotatable bonds is 6. The Balaban J connectivity index is 2.51. The second-order valence-corrected chi connectivity index (χ2v) is 10.3. The Bertz CT molecular complexity index is 986. The lowest BCUT2D eigenvalue weighted by Gasteiger charge is -2.37. The third-order valence-corrected chi connectivity index (χ3v) is 7.44. The number of sulfonamides is 1. The molecule has 1 heterocycles. The monoisotopic (exact) mass is 481 g/mol. The molecule has 0 aromatic heterocycles. The molecule has 10 heteroatoms. The van der Waals surface area contributed by atoms with Gasteiger partial charge in [0, 0.05) is 37.7 Å². The number of hydrogen-bond donors (Lipinski definition) is 3. The van der Waals surface area contributed by atoms with Crippen LogP contribution in [0.4, 0.5) is 4.79 Å². The van der Waals surface area contributed by atoms with Gasteiger partial charge in [-0.15, -0.1) is 0 Å². The molecule has 1 aliphatic rings. The molecule has 184 valence electrons. The number of aliphatic hydroxyl groups is 2. The Morgan fingerprint density at radius 1 is 1.39 bits per heavy atom. The Morgan fingerprint density at radius 3 is 2.70 bits per heavy atom. The average molecular weight is 482 g/mol. The van der Waals surface area contributed by atoms with E-state index in [2.05, 4.69) is 17.2 Å². The van der Waals surface area contributed by atoms with E-state index in [4.69, 9.17) is 4.74 Å². The molecule has 9 nitrogen and oxygen atoms in total. The highest BCUT2D eigenvalue weighted by atomic mass is 32.2. The van der Waals surface area contributed by atoms with Crippen molar-refractivity contribution in [1.29, 1.82) is 0 Å². The zero-order valence-electron chi connectivity index (χ0n) is 19.9. The van der Waals surface area contributed by atoms with Crippen molar-refractivity contribution in [1.82, 2.24) is 14.5 Å². The topological polar surface area (TPSA) is 119 Å². The van der Waals surface area contributed by atoms with E-state index in [0.717, 1.165) is 6.42 Å². The number of nitrogens with zero attached hydrogens (tertiary/aromatic N) is 2. The van der Waals surface area contributed by atoms with E-state index in [0.29, 0.717) is 12.1 Å². The van der Waals surface area contributed by atoms with E-state index in [1.807, 2.05) is 13.8 Å². The van der Waals surface area contributed by atoms with E-state index in [1.165, 1.54) is 28.3 Å². The van der Waals surface area contributed by atoms with Gasteiger partial charge in [-0.25, -0.2) is 13.2 Å². The minimum absolute atomic E-state index is 0.0274. The highest BCUT2D eigenvalue weighted by molar-refractivity contribution is 7.89. The molecular weight excluding hydrogens is 446 g/mol. The van der Waals surface area contributed by atoms with Crippen LogP contribution in [0.1, 0.15) is 39.7 Å². The number of benzene rings is 1. The van der Waals surface area contributed by atoms with Crippen molar-refractivity contribution in [2.75, 3.05) is 33.3 Å². The molecule has 0 fully saturated rings. The van der Waals surface area contributed by atoms with Crippen LogP contribution >= 0.6 is 0 Å². The quantitative estimate of drug-likeness (QED) is 0.526. The summed E-state index contributed by atoms with van der Waals surface area (Å²) >= 11 is 0. The molecule has 1 aliphatic heterocycles. The molecule has 2 amide bonds. The summed E-state index contributed by atoms with van der Waals surface area (Å²) in [5, 5.41) is 22.0. The van der Waals surface area contributed by atoms with E-state index in [1.54, 1.807) is 20.0 Å². The number of nitrogens with one attached hydrogen (secondary N) is 1. The van der Waals surface area contributed by atoms with Gasteiger partial charge in [-0.3, -0.25) is 0 Å². The molecule has 0 saturated heterocycles. The Morgan fingerprint density at radius 2 is 2.09 bits per heavy atom. The van der Waals surface area contributed by atoms with E-state index < -0.39 is 28.3 Å². The number of aliphatic hydroxyl groups excluding tert-OH is 2. The molecule has 0 saturated carbocycles. The maximum absolute atomic E-state index is 13.4. The van der Waals surface area contributed by atoms with Crippen LogP contribution in [0.15, 0.2) is 23.1 Å². The lowest BCUT2D eigenvalue weighted by atomic mass is 10.0. The molecule has 1 aromatic carbocycles. The van der Waals surface area contributed by atoms with Gasteiger partial charge in [-0.1, -0.05) is 25.7 Å².